The van der Waals surface area contributed by atoms with Crippen molar-refractivity contribution in [3.05, 3.63) is 42.2 Å². The zero-order valence-corrected chi connectivity index (χ0v) is 16.8. The van der Waals surface area contributed by atoms with E-state index in [0.29, 0.717) is 19.8 Å². The van der Waals surface area contributed by atoms with Crippen molar-refractivity contribution >= 4 is 11.9 Å². The molecule has 3 atom stereocenters. The van der Waals surface area contributed by atoms with Crippen molar-refractivity contribution in [1.82, 2.24) is 9.88 Å². The summed E-state index contributed by atoms with van der Waals surface area (Å²) in [6, 6.07) is 4.07. The molecule has 0 radical (unpaired) electrons. The van der Waals surface area contributed by atoms with Gasteiger partial charge in [-0.25, -0.2) is 4.79 Å². The van der Waals surface area contributed by atoms with Gasteiger partial charge >= 0.3 is 12.1 Å². The molecule has 0 spiro atoms. The molecule has 1 aromatic rings. The molecule has 2 fully saturated rings. The Morgan fingerprint density at radius 1 is 1.26 bits per heavy atom. The minimum absolute atomic E-state index is 0.0361. The lowest BCUT2D eigenvalue weighted by Gasteiger charge is -2.33. The molecule has 4 rings (SSSR count). The van der Waals surface area contributed by atoms with Gasteiger partial charge in [-0.3, -0.25) is 9.78 Å². The third-order valence-corrected chi connectivity index (χ3v) is 5.60. The van der Waals surface area contributed by atoms with E-state index in [1.54, 1.807) is 6.20 Å². The van der Waals surface area contributed by atoms with Gasteiger partial charge in [0.1, 0.15) is 6.10 Å². The molecule has 170 valence electrons. The maximum absolute atomic E-state index is 12.9. The fraction of sp³-hybridized carbons (Fsp3) is 0.571. The second-order valence-corrected chi connectivity index (χ2v) is 7.67. The van der Waals surface area contributed by atoms with E-state index in [0.717, 1.165) is 31.2 Å². The average molecular weight is 442 g/mol. The molecule has 3 unspecified atom stereocenters. The summed E-state index contributed by atoms with van der Waals surface area (Å²) in [4.78, 5) is 28.0. The standard InChI is InChI=1S/C19H24N2O3.C2HF3O2/c22-19(15-5-1-2-6-15)21-10-11-23-17-8-7-16(21)18(17)24-13-14-4-3-9-20-12-14;3-2(4,5)1(6)7/h1-4,9,12,15-18H,5-8,10-11,13H2;(H,6,7). The minimum atomic E-state index is -5.08. The summed E-state index contributed by atoms with van der Waals surface area (Å²) in [5, 5.41) is 7.12. The number of nitrogens with zero attached hydrogens (tertiary/aromatic N) is 2. The highest BCUT2D eigenvalue weighted by Gasteiger charge is 2.45. The predicted octanol–water partition coefficient (Wildman–Crippen LogP) is 2.96. The van der Waals surface area contributed by atoms with Crippen LogP contribution in [0.3, 0.4) is 0 Å². The van der Waals surface area contributed by atoms with Gasteiger partial charge in [0, 0.05) is 24.9 Å². The van der Waals surface area contributed by atoms with Crippen LogP contribution in [0.15, 0.2) is 36.7 Å². The van der Waals surface area contributed by atoms with Gasteiger partial charge in [0.15, 0.2) is 0 Å². The first kappa shape index (κ1) is 23.2. The second kappa shape index (κ2) is 10.2. The number of carbonyl (C=O) groups excluding carboxylic acids is 1. The number of pyridine rings is 1. The zero-order chi connectivity index (χ0) is 22.4. The summed E-state index contributed by atoms with van der Waals surface area (Å²) in [5.41, 5.74) is 1.05. The summed E-state index contributed by atoms with van der Waals surface area (Å²) in [5.74, 6) is -2.38. The van der Waals surface area contributed by atoms with Crippen LogP contribution in [-0.4, -0.2) is 64.4 Å². The number of ether oxygens (including phenoxy) is 2. The van der Waals surface area contributed by atoms with Crippen LogP contribution in [0, 0.1) is 5.92 Å². The van der Waals surface area contributed by atoms with Crippen molar-refractivity contribution in [2.45, 2.75) is 56.7 Å². The van der Waals surface area contributed by atoms with Crippen LogP contribution in [0.1, 0.15) is 31.2 Å². The first-order valence-electron chi connectivity index (χ1n) is 10.1. The van der Waals surface area contributed by atoms with Gasteiger partial charge in [0.2, 0.25) is 5.91 Å². The maximum atomic E-state index is 12.9. The number of allylic oxidation sites excluding steroid dienone is 2. The Labute approximate surface area is 177 Å². The van der Waals surface area contributed by atoms with Crippen molar-refractivity contribution < 1.29 is 37.3 Å². The Hall–Kier alpha value is -2.46. The summed E-state index contributed by atoms with van der Waals surface area (Å²) < 4.78 is 43.9. The Morgan fingerprint density at radius 3 is 2.58 bits per heavy atom. The van der Waals surface area contributed by atoms with Gasteiger partial charge in [-0.1, -0.05) is 18.2 Å². The van der Waals surface area contributed by atoms with E-state index >= 15 is 0 Å². The Balaban J connectivity index is 0.000000339. The number of aliphatic carboxylic acids is 1. The van der Waals surface area contributed by atoms with E-state index < -0.39 is 12.1 Å². The number of carboxylic acids is 1. The lowest BCUT2D eigenvalue weighted by Crippen LogP contribution is -2.48. The number of halogens is 3. The quantitative estimate of drug-likeness (QED) is 0.722. The van der Waals surface area contributed by atoms with Crippen LogP contribution in [0.2, 0.25) is 0 Å². The number of rotatable bonds is 4. The second-order valence-electron chi connectivity index (χ2n) is 7.67. The molecule has 1 amide bonds. The van der Waals surface area contributed by atoms with Crippen LogP contribution in [0.4, 0.5) is 13.2 Å². The third-order valence-electron chi connectivity index (χ3n) is 5.60. The highest BCUT2D eigenvalue weighted by Crippen LogP contribution is 2.34. The molecule has 2 bridgehead atoms. The van der Waals surface area contributed by atoms with E-state index in [-0.39, 0.29) is 30.1 Å². The lowest BCUT2D eigenvalue weighted by molar-refractivity contribution is -0.192. The smallest absolute Gasteiger partial charge is 0.475 e. The predicted molar refractivity (Wildman–Crippen MR) is 103 cm³/mol. The highest BCUT2D eigenvalue weighted by molar-refractivity contribution is 5.80. The van der Waals surface area contributed by atoms with Gasteiger partial charge in [-0.2, -0.15) is 13.2 Å². The number of amides is 1. The zero-order valence-electron chi connectivity index (χ0n) is 16.8. The fourth-order valence-electron chi connectivity index (χ4n) is 4.11. The SMILES string of the molecule is O=C(C1CC=CC1)N1CCOC2CCC1C2OCc1cccnc1.O=C(O)C(F)(F)F. The number of hydrogen-bond donors (Lipinski definition) is 1. The largest absolute Gasteiger partial charge is 0.490 e. The number of alkyl halides is 3. The summed E-state index contributed by atoms with van der Waals surface area (Å²) in [7, 11) is 0. The van der Waals surface area contributed by atoms with Crippen molar-refractivity contribution in [3.63, 3.8) is 0 Å². The molecule has 31 heavy (non-hydrogen) atoms. The van der Waals surface area contributed by atoms with Gasteiger partial charge in [0.05, 0.1) is 25.4 Å². The van der Waals surface area contributed by atoms with Crippen molar-refractivity contribution in [2.24, 2.45) is 5.92 Å². The average Bonchev–Trinajstić information content (AvgIpc) is 3.35. The van der Waals surface area contributed by atoms with Crippen LogP contribution in [-0.2, 0) is 25.7 Å². The van der Waals surface area contributed by atoms with Gasteiger partial charge in [-0.15, -0.1) is 0 Å². The molecule has 1 N–H and O–H groups in total. The lowest BCUT2D eigenvalue weighted by atomic mass is 10.0. The summed E-state index contributed by atoms with van der Waals surface area (Å²) in [6.45, 7) is 1.81. The van der Waals surface area contributed by atoms with Crippen LogP contribution >= 0.6 is 0 Å². The number of carbonyl (C=O) groups is 2. The van der Waals surface area contributed by atoms with E-state index in [4.69, 9.17) is 19.4 Å². The molecular weight excluding hydrogens is 417 g/mol. The minimum Gasteiger partial charge on any atom is -0.475 e. The van der Waals surface area contributed by atoms with E-state index in [1.165, 1.54) is 0 Å². The first-order chi connectivity index (χ1) is 14.8. The van der Waals surface area contributed by atoms with E-state index in [2.05, 4.69) is 17.1 Å². The fourth-order valence-corrected chi connectivity index (χ4v) is 4.11. The molecule has 1 saturated heterocycles. The molecule has 7 nitrogen and oxygen atoms in total. The normalized spacial score (nSPS) is 25.6. The van der Waals surface area contributed by atoms with Gasteiger partial charge < -0.3 is 19.5 Å². The monoisotopic (exact) mass is 442 g/mol. The summed E-state index contributed by atoms with van der Waals surface area (Å²) >= 11 is 0. The van der Waals surface area contributed by atoms with Crippen LogP contribution in [0.5, 0.6) is 0 Å². The van der Waals surface area contributed by atoms with Crippen LogP contribution < -0.4 is 0 Å². The van der Waals surface area contributed by atoms with Crippen LogP contribution in [0.25, 0.3) is 0 Å². The number of hydrogen-bond acceptors (Lipinski definition) is 5. The van der Waals surface area contributed by atoms with Gasteiger partial charge in [0.25, 0.3) is 0 Å². The molecule has 1 aliphatic heterocycles. The van der Waals surface area contributed by atoms with E-state index in [9.17, 15) is 18.0 Å². The molecule has 3 aliphatic rings. The van der Waals surface area contributed by atoms with Crippen molar-refractivity contribution in [3.8, 4) is 0 Å². The Bertz CT molecular complexity index is 779. The molecule has 10 heteroatoms. The topological polar surface area (TPSA) is 89.0 Å². The molecule has 2 aliphatic carbocycles. The maximum Gasteiger partial charge on any atom is 0.490 e. The molecule has 2 heterocycles. The molecular formula is C21H25F3N2O5. The summed E-state index contributed by atoms with van der Waals surface area (Å²) in [6.07, 6.45) is 6.47. The Kier molecular flexibility index (Phi) is 7.66. The highest BCUT2D eigenvalue weighted by atomic mass is 19.4. The van der Waals surface area contributed by atoms with Crippen molar-refractivity contribution in [1.29, 1.82) is 0 Å². The first-order valence-corrected chi connectivity index (χ1v) is 10.1. The van der Waals surface area contributed by atoms with Crippen molar-refractivity contribution in [2.75, 3.05) is 13.2 Å². The molecule has 1 saturated carbocycles. The third kappa shape index (κ3) is 6.04. The molecule has 0 aromatic carbocycles. The van der Waals surface area contributed by atoms with E-state index in [1.807, 2.05) is 23.2 Å². The Morgan fingerprint density at radius 2 is 1.97 bits per heavy atom. The number of aromatic nitrogens is 1. The molecule has 1 aromatic heterocycles. The number of fused-ring (bicyclic) bond motifs is 2. The number of carboxylic acid groups (broad SMARTS) is 1. The van der Waals surface area contributed by atoms with Gasteiger partial charge in [-0.05, 0) is 37.3 Å².